The molecule has 0 bridgehead atoms. The minimum Gasteiger partial charge on any atom is -0.347 e. The first kappa shape index (κ1) is 11.2. The van der Waals surface area contributed by atoms with Crippen LogP contribution >= 0.6 is 0 Å². The normalized spacial score (nSPS) is 10.3. The number of aromatic nitrogens is 1. The van der Waals surface area contributed by atoms with Crippen LogP contribution in [0.25, 0.3) is 10.9 Å². The molecular weight excluding hydrogens is 216 g/mol. The lowest BCUT2D eigenvalue weighted by Gasteiger charge is -2.03. The number of nitrogens with zero attached hydrogens (tertiary/aromatic N) is 2. The molecule has 0 atom stereocenters. The van der Waals surface area contributed by atoms with E-state index in [4.69, 9.17) is 6.42 Å². The molecule has 1 aromatic heterocycles. The molecule has 0 unspecified atom stereocenters. The monoisotopic (exact) mass is 228 g/mol. The van der Waals surface area contributed by atoms with E-state index in [1.165, 1.54) is 6.07 Å². The molecule has 2 rings (SSSR count). The van der Waals surface area contributed by atoms with Gasteiger partial charge in [-0.15, -0.1) is 12.3 Å². The summed E-state index contributed by atoms with van der Waals surface area (Å²) in [4.78, 5) is 10.5. The van der Waals surface area contributed by atoms with Crippen molar-refractivity contribution in [2.24, 2.45) is 0 Å². The smallest absolute Gasteiger partial charge is 0.278 e. The molecule has 17 heavy (non-hydrogen) atoms. The van der Waals surface area contributed by atoms with Gasteiger partial charge in [-0.2, -0.15) is 0 Å². The van der Waals surface area contributed by atoms with Crippen molar-refractivity contribution in [3.05, 3.63) is 40.6 Å². The number of nitro benzene ring substituents is 1. The highest BCUT2D eigenvalue weighted by Crippen LogP contribution is 2.26. The van der Waals surface area contributed by atoms with Crippen molar-refractivity contribution in [3.63, 3.8) is 0 Å². The van der Waals surface area contributed by atoms with E-state index < -0.39 is 0 Å². The molecule has 1 aromatic carbocycles. The predicted octanol–water partition coefficient (Wildman–Crippen LogP) is 2.96. The Balaban J connectivity index is 2.38. The third-order valence-electron chi connectivity index (χ3n) is 2.71. The van der Waals surface area contributed by atoms with Gasteiger partial charge in [0.25, 0.3) is 5.69 Å². The third-order valence-corrected chi connectivity index (χ3v) is 2.71. The van der Waals surface area contributed by atoms with Gasteiger partial charge in [-0.25, -0.2) is 0 Å². The molecule has 4 nitrogen and oxygen atoms in total. The van der Waals surface area contributed by atoms with Crippen molar-refractivity contribution in [2.45, 2.75) is 19.4 Å². The summed E-state index contributed by atoms with van der Waals surface area (Å²) in [6, 6.07) is 6.90. The first-order valence-electron chi connectivity index (χ1n) is 5.40. The molecule has 0 fully saturated rings. The van der Waals surface area contributed by atoms with E-state index in [9.17, 15) is 10.1 Å². The summed E-state index contributed by atoms with van der Waals surface area (Å²) in [6.07, 6.45) is 8.66. The van der Waals surface area contributed by atoms with Crippen LogP contribution in [0.1, 0.15) is 12.8 Å². The van der Waals surface area contributed by atoms with Crippen LogP contribution in [0.3, 0.4) is 0 Å². The Morgan fingerprint density at radius 3 is 2.94 bits per heavy atom. The van der Waals surface area contributed by atoms with Gasteiger partial charge in [-0.05, 0) is 18.6 Å². The van der Waals surface area contributed by atoms with E-state index in [-0.39, 0.29) is 10.6 Å². The molecular formula is C13H12N2O2. The first-order valence-corrected chi connectivity index (χ1v) is 5.40. The second-order valence-corrected chi connectivity index (χ2v) is 3.78. The molecule has 86 valence electrons. The van der Waals surface area contributed by atoms with Gasteiger partial charge in [0.15, 0.2) is 0 Å². The summed E-state index contributed by atoms with van der Waals surface area (Å²) in [5.74, 6) is 2.59. The summed E-state index contributed by atoms with van der Waals surface area (Å²) in [6.45, 7) is 0.787. The number of hydrogen-bond acceptors (Lipinski definition) is 2. The Hall–Kier alpha value is -2.28. The second kappa shape index (κ2) is 4.71. The molecule has 4 heteroatoms. The summed E-state index contributed by atoms with van der Waals surface area (Å²) in [5, 5.41) is 11.5. The molecule has 0 saturated carbocycles. The largest absolute Gasteiger partial charge is 0.347 e. The number of unbranched alkanes of at least 4 members (excludes halogenated alkanes) is 1. The second-order valence-electron chi connectivity index (χ2n) is 3.78. The molecule has 0 aliphatic rings. The molecule has 0 spiro atoms. The van der Waals surface area contributed by atoms with Gasteiger partial charge in [-0.3, -0.25) is 10.1 Å². The van der Waals surface area contributed by atoms with E-state index in [1.54, 1.807) is 12.1 Å². The van der Waals surface area contributed by atoms with Gasteiger partial charge in [0.1, 0.15) is 0 Å². The number of non-ortho nitro benzene ring substituents is 1. The lowest BCUT2D eigenvalue weighted by atomic mass is 10.2. The average Bonchev–Trinajstić information content (AvgIpc) is 2.72. The van der Waals surface area contributed by atoms with Gasteiger partial charge in [0.05, 0.1) is 15.8 Å². The maximum Gasteiger partial charge on any atom is 0.278 e. The van der Waals surface area contributed by atoms with Crippen LogP contribution < -0.4 is 0 Å². The highest BCUT2D eigenvalue weighted by Gasteiger charge is 2.13. The zero-order valence-electron chi connectivity index (χ0n) is 9.30. The molecule has 0 aliphatic carbocycles. The van der Waals surface area contributed by atoms with Gasteiger partial charge in [0, 0.05) is 25.2 Å². The van der Waals surface area contributed by atoms with Crippen molar-refractivity contribution in [2.75, 3.05) is 0 Å². The topological polar surface area (TPSA) is 48.1 Å². The van der Waals surface area contributed by atoms with Crippen LogP contribution in [0.15, 0.2) is 30.5 Å². The molecule has 0 radical (unpaired) electrons. The number of fused-ring (bicyclic) bond motifs is 1. The van der Waals surface area contributed by atoms with Crippen LogP contribution in [0, 0.1) is 22.5 Å². The van der Waals surface area contributed by atoms with Crippen LogP contribution in [0.2, 0.25) is 0 Å². The van der Waals surface area contributed by atoms with Crippen molar-refractivity contribution >= 4 is 16.6 Å². The first-order chi connectivity index (χ1) is 8.24. The fourth-order valence-corrected chi connectivity index (χ4v) is 1.91. The van der Waals surface area contributed by atoms with E-state index in [0.717, 1.165) is 18.5 Å². The number of benzene rings is 1. The quantitative estimate of drug-likeness (QED) is 0.349. The van der Waals surface area contributed by atoms with Gasteiger partial charge in [0.2, 0.25) is 0 Å². The molecule has 0 amide bonds. The zero-order chi connectivity index (χ0) is 12.3. The Morgan fingerprint density at radius 2 is 2.24 bits per heavy atom. The fraction of sp³-hybridized carbons (Fsp3) is 0.231. The van der Waals surface area contributed by atoms with E-state index in [0.29, 0.717) is 11.8 Å². The maximum absolute atomic E-state index is 10.9. The summed E-state index contributed by atoms with van der Waals surface area (Å²) in [5.41, 5.74) is 1.04. The average molecular weight is 228 g/mol. The fourth-order valence-electron chi connectivity index (χ4n) is 1.91. The maximum atomic E-state index is 10.9. The van der Waals surface area contributed by atoms with E-state index in [2.05, 4.69) is 5.92 Å². The predicted molar refractivity (Wildman–Crippen MR) is 66.7 cm³/mol. The standard InChI is InChI=1S/C13H12N2O2/c1-2-3-4-9-14-10-8-11-12(14)6-5-7-13(11)15(16)17/h1,5-8,10H,3-4,9H2. The lowest BCUT2D eigenvalue weighted by molar-refractivity contribution is -0.383. The van der Waals surface area contributed by atoms with Crippen molar-refractivity contribution < 1.29 is 4.92 Å². The van der Waals surface area contributed by atoms with Crippen LogP contribution in [-0.2, 0) is 6.54 Å². The van der Waals surface area contributed by atoms with Gasteiger partial charge >= 0.3 is 0 Å². The minimum atomic E-state index is -0.353. The molecule has 0 N–H and O–H groups in total. The number of aryl methyl sites for hydroxylation is 1. The summed E-state index contributed by atoms with van der Waals surface area (Å²) >= 11 is 0. The van der Waals surface area contributed by atoms with E-state index >= 15 is 0 Å². The highest BCUT2D eigenvalue weighted by molar-refractivity contribution is 5.89. The zero-order valence-corrected chi connectivity index (χ0v) is 9.30. The van der Waals surface area contributed by atoms with Gasteiger partial charge in [-0.1, -0.05) is 6.07 Å². The SMILES string of the molecule is C#CCCCn1ccc2c([N+](=O)[O-])cccc21. The number of nitro groups is 1. The van der Waals surface area contributed by atoms with Crippen molar-refractivity contribution in [1.82, 2.24) is 4.57 Å². The Bertz CT molecular complexity index is 593. The summed E-state index contributed by atoms with van der Waals surface area (Å²) in [7, 11) is 0. The summed E-state index contributed by atoms with van der Waals surface area (Å²) < 4.78 is 2.00. The van der Waals surface area contributed by atoms with E-state index in [1.807, 2.05) is 16.8 Å². The minimum absolute atomic E-state index is 0.151. The number of hydrogen-bond donors (Lipinski definition) is 0. The Labute approximate surface area is 99.0 Å². The van der Waals surface area contributed by atoms with Crippen LogP contribution in [0.4, 0.5) is 5.69 Å². The number of rotatable bonds is 4. The third kappa shape index (κ3) is 2.13. The van der Waals surface area contributed by atoms with Crippen molar-refractivity contribution in [3.8, 4) is 12.3 Å². The molecule has 0 aliphatic heterocycles. The molecule has 1 heterocycles. The Kier molecular flexibility index (Phi) is 3.10. The molecule has 0 saturated heterocycles. The van der Waals surface area contributed by atoms with Gasteiger partial charge < -0.3 is 4.57 Å². The van der Waals surface area contributed by atoms with Crippen LogP contribution in [-0.4, -0.2) is 9.49 Å². The molecule has 2 aromatic rings. The Morgan fingerprint density at radius 1 is 1.41 bits per heavy atom. The van der Waals surface area contributed by atoms with Crippen molar-refractivity contribution in [1.29, 1.82) is 0 Å². The number of terminal acetylenes is 1. The lowest BCUT2D eigenvalue weighted by Crippen LogP contribution is -1.96. The highest BCUT2D eigenvalue weighted by atomic mass is 16.6. The van der Waals surface area contributed by atoms with Crippen LogP contribution in [0.5, 0.6) is 0 Å².